The predicted octanol–water partition coefficient (Wildman–Crippen LogP) is 17.5. The Morgan fingerprint density at radius 3 is 1.97 bits per heavy atom. The molecule has 352 valence electrons. The van der Waals surface area contributed by atoms with E-state index in [0.29, 0.717) is 17.4 Å². The Morgan fingerprint density at radius 1 is 0.620 bits per heavy atom. The van der Waals surface area contributed by atoms with Gasteiger partial charge in [0.25, 0.3) is 0 Å². The van der Waals surface area contributed by atoms with Crippen molar-refractivity contribution in [2.75, 3.05) is 0 Å². The Hall–Kier alpha value is -6.69. The van der Waals surface area contributed by atoms with E-state index < -0.39 is 6.85 Å². The van der Waals surface area contributed by atoms with E-state index in [-0.39, 0.29) is 31.9 Å². The van der Waals surface area contributed by atoms with Gasteiger partial charge >= 0.3 is 20.1 Å². The molecule has 0 atom stereocenters. The van der Waals surface area contributed by atoms with Crippen molar-refractivity contribution in [3.8, 4) is 34.2 Å². The summed E-state index contributed by atoms with van der Waals surface area (Å²) in [5, 5.41) is 6.31. The van der Waals surface area contributed by atoms with Gasteiger partial charge in [0.1, 0.15) is 0 Å². The van der Waals surface area contributed by atoms with Gasteiger partial charge in [-0.2, -0.15) is 11.3 Å². The summed E-state index contributed by atoms with van der Waals surface area (Å²) >= 11 is 1.63. The van der Waals surface area contributed by atoms with Crippen LogP contribution in [0.2, 0.25) is 0 Å². The molecule has 0 aliphatic rings. The van der Waals surface area contributed by atoms with Gasteiger partial charge in [-0.05, 0) is 114 Å². The first-order chi connectivity index (χ1) is 35.2. The summed E-state index contributed by atoms with van der Waals surface area (Å²) < 4.78 is 32.2. The number of nitrogens with zero attached hydrogens (tertiary/aromatic N) is 4. The van der Waals surface area contributed by atoms with Crippen molar-refractivity contribution in [2.24, 2.45) is 0 Å². The van der Waals surface area contributed by atoms with Crippen LogP contribution in [0.25, 0.3) is 97.9 Å². The van der Waals surface area contributed by atoms with Crippen LogP contribution in [-0.4, -0.2) is 9.55 Å². The van der Waals surface area contributed by atoms with E-state index in [1.807, 2.05) is 24.3 Å². The molecule has 0 N–H and O–H groups in total. The second-order valence-corrected chi connectivity index (χ2v) is 20.8. The van der Waals surface area contributed by atoms with Crippen LogP contribution in [-0.2, 0) is 20.1 Å². The molecule has 0 saturated heterocycles. The number of hydrogen-bond donors (Lipinski definition) is 0. The van der Waals surface area contributed by atoms with Gasteiger partial charge in [0.15, 0.2) is 0 Å². The monoisotopic (exact) mass is 1120 g/mol. The molecule has 0 spiro atoms. The molecule has 0 aliphatic carbocycles. The first-order valence-corrected chi connectivity index (χ1v) is 25.4. The fourth-order valence-electron chi connectivity index (χ4n) is 10.4. The second-order valence-electron chi connectivity index (χ2n) is 19.7. The zero-order valence-corrected chi connectivity index (χ0v) is 44.6. The van der Waals surface area contributed by atoms with Crippen molar-refractivity contribution in [3.05, 3.63) is 204 Å². The summed E-state index contributed by atoms with van der Waals surface area (Å²) in [7, 11) is 0. The van der Waals surface area contributed by atoms with Gasteiger partial charge in [-0.15, -0.1) is 53.6 Å². The Morgan fingerprint density at radius 2 is 1.27 bits per heavy atom. The fraction of sp³-hybridized carbons (Fsp3) is 0.200. The molecule has 0 fully saturated rings. The number of para-hydroxylation sites is 6. The Bertz CT molecular complexity index is 3990. The fourth-order valence-corrected chi connectivity index (χ4v) is 11.7. The number of thiophene rings is 1. The second kappa shape index (κ2) is 19.5. The average Bonchev–Trinajstić information content (AvgIpc) is 4.09. The number of hydrogen-bond acceptors (Lipinski definition) is 2. The molecule has 0 amide bonds. The molecule has 0 saturated carbocycles. The van der Waals surface area contributed by atoms with Gasteiger partial charge < -0.3 is 9.13 Å². The summed E-state index contributed by atoms with van der Waals surface area (Å²) in [5.41, 5.74) is 13.8. The summed E-state index contributed by atoms with van der Waals surface area (Å²) in [6.45, 7) is 15.7. The Kier molecular flexibility index (Phi) is 12.1. The van der Waals surface area contributed by atoms with Crippen LogP contribution in [0.3, 0.4) is 0 Å². The maximum atomic E-state index is 8.55. The van der Waals surface area contributed by atoms with E-state index in [1.165, 1.54) is 27.9 Å². The number of aromatic nitrogens is 4. The van der Waals surface area contributed by atoms with Crippen molar-refractivity contribution in [1.29, 1.82) is 0 Å². The van der Waals surface area contributed by atoms with Crippen LogP contribution >= 0.6 is 11.3 Å². The van der Waals surface area contributed by atoms with Gasteiger partial charge in [0.2, 0.25) is 0 Å². The third-order valence-electron chi connectivity index (χ3n) is 13.8. The van der Waals surface area contributed by atoms with Gasteiger partial charge in [-0.1, -0.05) is 170 Å². The number of aryl methyl sites for hydroxylation is 1. The molecular formula is C65H58IrN4S+. The van der Waals surface area contributed by atoms with Crippen molar-refractivity contribution in [2.45, 2.75) is 85.9 Å². The van der Waals surface area contributed by atoms with Crippen molar-refractivity contribution >= 4 is 75.1 Å². The van der Waals surface area contributed by atoms with Crippen LogP contribution in [0, 0.1) is 19.0 Å². The Balaban J connectivity index is 0.000000191. The summed E-state index contributed by atoms with van der Waals surface area (Å²) in [4.78, 5) is 10.3. The number of rotatable bonds is 8. The molecule has 0 bridgehead atoms. The average molecular weight is 1120 g/mol. The topological polar surface area (TPSA) is 35.8 Å². The van der Waals surface area contributed by atoms with Crippen molar-refractivity contribution in [1.82, 2.24) is 14.5 Å². The minimum Gasteiger partial charge on any atom is -0.333 e. The van der Waals surface area contributed by atoms with E-state index in [2.05, 4.69) is 210 Å². The molecule has 0 unspecified atom stereocenters. The Labute approximate surface area is 439 Å². The van der Waals surface area contributed by atoms with E-state index in [4.69, 9.17) is 14.1 Å². The van der Waals surface area contributed by atoms with Gasteiger partial charge in [0.05, 0.1) is 33.7 Å². The first-order valence-electron chi connectivity index (χ1n) is 26.1. The SMILES string of the molecule is CC(C)c1cccc(C(C)C)c1-n1c(-c2[c-]cccc2)nc2ccccc21.[2H]C([2H])([2H])c1c[c-]c(-c2[n-]c3ccccc3[n+]2-c2c(C(C)C)cccc2C(C)C)c2sc3cc4ccc5ccccc5c4cc3c12.[Ir+3]. The number of fused-ring (bicyclic) bond motifs is 8. The predicted molar refractivity (Wildman–Crippen MR) is 297 cm³/mol. The minimum absolute atomic E-state index is 0. The zero-order chi connectivity index (χ0) is 50.9. The molecule has 3 aromatic heterocycles. The van der Waals surface area contributed by atoms with Gasteiger partial charge in [0, 0.05) is 20.2 Å². The van der Waals surface area contributed by atoms with Crippen LogP contribution in [0.4, 0.5) is 0 Å². The molecule has 71 heavy (non-hydrogen) atoms. The van der Waals surface area contributed by atoms with E-state index in [0.717, 1.165) is 92.2 Å². The number of imidazole rings is 2. The molecule has 12 aromatic rings. The van der Waals surface area contributed by atoms with Crippen LogP contribution in [0.15, 0.2) is 164 Å². The van der Waals surface area contributed by atoms with E-state index >= 15 is 0 Å². The molecule has 12 rings (SSSR count). The molecule has 0 aliphatic heterocycles. The summed E-state index contributed by atoms with van der Waals surface area (Å²) in [5.74, 6) is 3.15. The van der Waals surface area contributed by atoms with Crippen LogP contribution < -0.4 is 9.55 Å². The van der Waals surface area contributed by atoms with E-state index in [9.17, 15) is 0 Å². The number of benzene rings is 9. The molecule has 9 aromatic carbocycles. The molecule has 4 nitrogen and oxygen atoms in total. The molecule has 6 heteroatoms. The molecule has 0 radical (unpaired) electrons. The minimum atomic E-state index is -2.30. The summed E-state index contributed by atoms with van der Waals surface area (Å²) in [6, 6.07) is 63.6. The first kappa shape index (κ1) is 44.3. The summed E-state index contributed by atoms with van der Waals surface area (Å²) in [6.07, 6.45) is 0. The van der Waals surface area contributed by atoms with Gasteiger partial charge in [-0.3, -0.25) is 9.97 Å². The molecule has 3 heterocycles. The normalized spacial score (nSPS) is 12.6. The third-order valence-corrected chi connectivity index (χ3v) is 15.0. The largest absolute Gasteiger partial charge is 3.00 e. The van der Waals surface area contributed by atoms with Crippen molar-refractivity contribution in [3.63, 3.8) is 0 Å². The van der Waals surface area contributed by atoms with E-state index in [1.54, 1.807) is 17.4 Å². The van der Waals surface area contributed by atoms with Crippen molar-refractivity contribution < 1.29 is 28.8 Å². The quantitative estimate of drug-likeness (QED) is 0.0864. The standard InChI is InChI=1S/C40H33N2S.C25H25N2.Ir/c1-23(2)28-13-10-14-29(24(3)4)38(28)42-35-16-9-8-15-34(35)41-40(42)31-20-17-25(5)37-33-22-32-27(21-36(33)43-39(31)37)19-18-26-11-6-7-12-30(26)32;1-17(2)20-13-10-14-21(18(3)4)24(20)27-23-16-9-8-15-22(23)26-25(27)19-11-6-5-7-12-19;/h6-19,21-24H,1-5H3;5-11,13-18H,1-4H3;/q2*-1;+3/i5D3;;. The zero-order valence-electron chi connectivity index (χ0n) is 44.4. The molecular weight excluding hydrogens is 1060 g/mol. The maximum Gasteiger partial charge on any atom is 3.00 e. The third kappa shape index (κ3) is 8.40. The van der Waals surface area contributed by atoms with Crippen LogP contribution in [0.1, 0.15) is 111 Å². The van der Waals surface area contributed by atoms with Crippen LogP contribution in [0.5, 0.6) is 0 Å². The smallest absolute Gasteiger partial charge is 0.333 e. The maximum absolute atomic E-state index is 8.55. The van der Waals surface area contributed by atoms with Gasteiger partial charge in [-0.25, -0.2) is 0 Å².